The molecule has 4 N–H and O–H groups in total. The first-order chi connectivity index (χ1) is 11.6. The van der Waals surface area contributed by atoms with E-state index in [1.807, 2.05) is 18.2 Å². The highest BCUT2D eigenvalue weighted by molar-refractivity contribution is 5.45. The van der Waals surface area contributed by atoms with Crippen molar-refractivity contribution < 1.29 is 0 Å². The molecule has 0 aromatic heterocycles. The number of rotatable bonds is 0. The molecule has 0 unspecified atom stereocenters. The van der Waals surface area contributed by atoms with Crippen LogP contribution in [-0.4, -0.2) is 11.1 Å². The monoisotopic (exact) mass is 320 g/mol. The van der Waals surface area contributed by atoms with Crippen LogP contribution < -0.4 is 11.5 Å². The van der Waals surface area contributed by atoms with E-state index in [-0.39, 0.29) is 11.1 Å². The van der Waals surface area contributed by atoms with Gasteiger partial charge in [-0.15, -0.1) is 0 Å². The van der Waals surface area contributed by atoms with E-state index in [9.17, 15) is 0 Å². The predicted molar refractivity (Wildman–Crippen MR) is 100 cm³/mol. The molecule has 2 nitrogen and oxygen atoms in total. The van der Waals surface area contributed by atoms with Crippen LogP contribution in [0.3, 0.4) is 0 Å². The Morgan fingerprint density at radius 3 is 1.50 bits per heavy atom. The normalized spacial score (nSPS) is 21.8. The highest BCUT2D eigenvalue weighted by atomic mass is 14.7. The van der Waals surface area contributed by atoms with Crippen molar-refractivity contribution in [1.82, 2.24) is 0 Å². The maximum Gasteiger partial charge on any atom is 0.0779 e. The van der Waals surface area contributed by atoms with E-state index >= 15 is 0 Å². The molecule has 2 aliphatic rings. The highest BCUT2D eigenvalue weighted by Crippen LogP contribution is 2.26. The lowest BCUT2D eigenvalue weighted by Crippen LogP contribution is -2.40. The maximum atomic E-state index is 6.40. The fourth-order valence-electron chi connectivity index (χ4n) is 3.68. The smallest absolute Gasteiger partial charge is 0.0779 e. The van der Waals surface area contributed by atoms with Crippen molar-refractivity contribution in [2.75, 3.05) is 0 Å². The van der Waals surface area contributed by atoms with Crippen LogP contribution in [0, 0.1) is 23.7 Å². The fraction of sp³-hybridized carbons (Fsp3) is 0.545. The zero-order valence-electron chi connectivity index (χ0n) is 14.5. The van der Waals surface area contributed by atoms with Crippen molar-refractivity contribution in [1.29, 1.82) is 0 Å². The van der Waals surface area contributed by atoms with Crippen molar-refractivity contribution >= 4 is 0 Å². The second-order valence-electron chi connectivity index (χ2n) is 7.51. The minimum absolute atomic E-state index is 0.302. The quantitative estimate of drug-likeness (QED) is 0.716. The van der Waals surface area contributed by atoms with E-state index in [0.29, 0.717) is 0 Å². The van der Waals surface area contributed by atoms with E-state index in [4.69, 9.17) is 11.5 Å². The van der Waals surface area contributed by atoms with Gasteiger partial charge < -0.3 is 11.5 Å². The van der Waals surface area contributed by atoms with Gasteiger partial charge in [0.1, 0.15) is 0 Å². The molecule has 24 heavy (non-hydrogen) atoms. The Balaban J connectivity index is 1.73. The van der Waals surface area contributed by atoms with Crippen LogP contribution in [0.15, 0.2) is 24.3 Å². The molecular formula is C22H28N2. The van der Waals surface area contributed by atoms with Gasteiger partial charge in [-0.2, -0.15) is 0 Å². The second kappa shape index (κ2) is 7.43. The van der Waals surface area contributed by atoms with Gasteiger partial charge in [-0.05, 0) is 43.9 Å². The van der Waals surface area contributed by atoms with E-state index in [0.717, 1.165) is 36.8 Å². The minimum Gasteiger partial charge on any atom is -0.315 e. The molecule has 2 heteroatoms. The Labute approximate surface area is 146 Å². The lowest BCUT2D eigenvalue weighted by molar-refractivity contribution is 0.370. The molecule has 0 spiro atoms. The van der Waals surface area contributed by atoms with Gasteiger partial charge >= 0.3 is 0 Å². The first-order valence-electron chi connectivity index (χ1n) is 9.31. The lowest BCUT2D eigenvalue weighted by atomic mass is 9.83. The Hall–Kier alpha value is -1.74. The summed E-state index contributed by atoms with van der Waals surface area (Å²) in [6, 6.07) is 8.13. The zero-order valence-corrected chi connectivity index (χ0v) is 14.5. The molecule has 2 saturated carbocycles. The van der Waals surface area contributed by atoms with Gasteiger partial charge in [0.2, 0.25) is 0 Å². The fourth-order valence-corrected chi connectivity index (χ4v) is 3.68. The highest BCUT2D eigenvalue weighted by Gasteiger charge is 2.25. The van der Waals surface area contributed by atoms with Crippen LogP contribution in [0.25, 0.3) is 0 Å². The van der Waals surface area contributed by atoms with Crippen LogP contribution in [0.5, 0.6) is 0 Å². The first-order valence-corrected chi connectivity index (χ1v) is 9.31. The van der Waals surface area contributed by atoms with Crippen LogP contribution in [0.4, 0.5) is 0 Å². The maximum absolute atomic E-state index is 6.40. The molecule has 1 aromatic carbocycles. The third kappa shape index (κ3) is 4.64. The van der Waals surface area contributed by atoms with Gasteiger partial charge in [-0.25, -0.2) is 0 Å². The third-order valence-electron chi connectivity index (χ3n) is 5.27. The van der Waals surface area contributed by atoms with Crippen molar-refractivity contribution in [3.63, 3.8) is 0 Å². The summed E-state index contributed by atoms with van der Waals surface area (Å²) in [6.07, 6.45) is 11.4. The van der Waals surface area contributed by atoms with E-state index in [1.54, 1.807) is 0 Å². The van der Waals surface area contributed by atoms with Gasteiger partial charge in [0.25, 0.3) is 0 Å². The summed E-state index contributed by atoms with van der Waals surface area (Å²) in [6.45, 7) is 0. The van der Waals surface area contributed by atoms with Crippen LogP contribution >= 0.6 is 0 Å². The molecule has 0 bridgehead atoms. The molecule has 126 valence electrons. The van der Waals surface area contributed by atoms with Crippen LogP contribution in [0.1, 0.15) is 75.3 Å². The predicted octanol–water partition coefficient (Wildman–Crippen LogP) is 3.71. The molecule has 0 amide bonds. The largest absolute Gasteiger partial charge is 0.315 e. The second-order valence-corrected chi connectivity index (χ2v) is 7.51. The van der Waals surface area contributed by atoms with Gasteiger partial charge in [0, 0.05) is 11.1 Å². The molecule has 2 fully saturated rings. The lowest BCUT2D eigenvalue weighted by Gasteiger charge is -2.27. The molecule has 2 aliphatic carbocycles. The topological polar surface area (TPSA) is 52.0 Å². The van der Waals surface area contributed by atoms with Crippen LogP contribution in [0.2, 0.25) is 0 Å². The van der Waals surface area contributed by atoms with E-state index in [1.165, 1.54) is 38.5 Å². The molecule has 3 rings (SSSR count). The summed E-state index contributed by atoms with van der Waals surface area (Å²) in [5, 5.41) is 0. The summed E-state index contributed by atoms with van der Waals surface area (Å²) in [7, 11) is 0. The van der Waals surface area contributed by atoms with Crippen LogP contribution in [-0.2, 0) is 0 Å². The molecule has 1 aromatic rings. The van der Waals surface area contributed by atoms with Gasteiger partial charge in [0.15, 0.2) is 0 Å². The van der Waals surface area contributed by atoms with Crippen molar-refractivity contribution in [3.8, 4) is 23.7 Å². The van der Waals surface area contributed by atoms with Gasteiger partial charge in [0.05, 0.1) is 11.1 Å². The number of benzene rings is 1. The van der Waals surface area contributed by atoms with Gasteiger partial charge in [-0.1, -0.05) is 68.3 Å². The van der Waals surface area contributed by atoms with Crippen molar-refractivity contribution in [2.24, 2.45) is 11.5 Å². The zero-order chi connectivity index (χ0) is 16.9. The molecule has 0 atom stereocenters. The summed E-state index contributed by atoms with van der Waals surface area (Å²) >= 11 is 0. The van der Waals surface area contributed by atoms with Crippen molar-refractivity contribution in [3.05, 3.63) is 35.4 Å². The third-order valence-corrected chi connectivity index (χ3v) is 5.27. The Morgan fingerprint density at radius 2 is 1.08 bits per heavy atom. The van der Waals surface area contributed by atoms with Crippen molar-refractivity contribution in [2.45, 2.75) is 75.3 Å². The molecule has 0 aliphatic heterocycles. The average molecular weight is 320 g/mol. The SMILES string of the molecule is NC1(C#Cc2cccc(C#CC3(N)CCCCC3)c2)CCCCC1. The molecule has 0 heterocycles. The number of hydrogen-bond donors (Lipinski definition) is 2. The molecule has 0 saturated heterocycles. The van der Waals surface area contributed by atoms with E-state index in [2.05, 4.69) is 29.7 Å². The first kappa shape index (κ1) is 17.1. The van der Waals surface area contributed by atoms with E-state index < -0.39 is 0 Å². The molecule has 0 radical (unpaired) electrons. The molecular weight excluding hydrogens is 292 g/mol. The summed E-state index contributed by atoms with van der Waals surface area (Å²) in [5.74, 6) is 13.2. The standard InChI is InChI=1S/C22H28N2/c23-21(12-3-1-4-13-21)16-10-19-8-7-9-20(18-19)11-17-22(24)14-5-2-6-15-22/h7-9,18H,1-6,12-15,23-24H2. The average Bonchev–Trinajstić information content (AvgIpc) is 2.60. The summed E-state index contributed by atoms with van der Waals surface area (Å²) in [5.41, 5.74) is 14.2. The summed E-state index contributed by atoms with van der Waals surface area (Å²) < 4.78 is 0. The number of nitrogens with two attached hydrogens (primary N) is 2. The number of hydrogen-bond acceptors (Lipinski definition) is 2. The summed E-state index contributed by atoms with van der Waals surface area (Å²) in [4.78, 5) is 0. The Bertz CT molecular complexity index is 627. The minimum atomic E-state index is -0.302. The van der Waals surface area contributed by atoms with Gasteiger partial charge in [-0.3, -0.25) is 0 Å². The Morgan fingerprint density at radius 1 is 0.667 bits per heavy atom. The Kier molecular flexibility index (Phi) is 5.30.